The average molecular weight is 265 g/mol. The molecule has 0 radical (unpaired) electrons. The van der Waals surface area contributed by atoms with Crippen LogP contribution in [0.1, 0.15) is 45.4 Å². The number of likely N-dealkylation sites (N-methyl/N-ethyl adjacent to an activating group) is 1. The van der Waals surface area contributed by atoms with Gasteiger partial charge < -0.3 is 14.6 Å². The predicted molar refractivity (Wildman–Crippen MR) is 77.2 cm³/mol. The van der Waals surface area contributed by atoms with Crippen LogP contribution in [0, 0.1) is 0 Å². The highest BCUT2D eigenvalue weighted by molar-refractivity contribution is 4.96. The average Bonchev–Trinajstić information content (AvgIpc) is 2.81. The van der Waals surface area contributed by atoms with Gasteiger partial charge in [0, 0.05) is 38.5 Å². The number of hydrogen-bond acceptors (Lipinski definition) is 3. The summed E-state index contributed by atoms with van der Waals surface area (Å²) >= 11 is 0. The molecule has 0 aromatic carbocycles. The summed E-state index contributed by atoms with van der Waals surface area (Å²) in [5.41, 5.74) is -0.0145. The quantitative estimate of drug-likeness (QED) is 0.858. The van der Waals surface area contributed by atoms with Gasteiger partial charge in [-0.25, -0.2) is 4.98 Å². The topological polar surface area (TPSA) is 39.1 Å². The van der Waals surface area contributed by atoms with E-state index in [2.05, 4.69) is 35.8 Å². The first kappa shape index (κ1) is 14.5. The maximum Gasteiger partial charge on any atom is 0.108 e. The van der Waals surface area contributed by atoms with E-state index in [-0.39, 0.29) is 5.60 Å². The summed E-state index contributed by atoms with van der Waals surface area (Å²) in [6.45, 7) is 6.32. The number of nitrogens with one attached hydrogen (secondary N) is 1. The normalized spacial score (nSPS) is 25.4. The minimum absolute atomic E-state index is 0.0145. The lowest BCUT2D eigenvalue weighted by Gasteiger charge is -2.41. The molecular formula is C15H27N3O. The minimum atomic E-state index is -0.0145. The van der Waals surface area contributed by atoms with Crippen LogP contribution in [0.25, 0.3) is 0 Å². The molecule has 2 unspecified atom stereocenters. The van der Waals surface area contributed by atoms with Gasteiger partial charge in [0.15, 0.2) is 0 Å². The van der Waals surface area contributed by atoms with E-state index in [4.69, 9.17) is 4.74 Å². The maximum absolute atomic E-state index is 6.09. The van der Waals surface area contributed by atoms with Crippen LogP contribution in [0.4, 0.5) is 0 Å². The summed E-state index contributed by atoms with van der Waals surface area (Å²) in [7, 11) is 2.06. The number of aromatic nitrogens is 2. The van der Waals surface area contributed by atoms with Gasteiger partial charge in [0.05, 0.1) is 5.60 Å². The van der Waals surface area contributed by atoms with E-state index in [1.54, 1.807) is 0 Å². The van der Waals surface area contributed by atoms with Gasteiger partial charge in [0.1, 0.15) is 5.82 Å². The standard InChI is InChI=1S/C15H27N3O/c1-4-16-13(15(2)9-5-6-12-19-15)7-8-14-17-10-11-18(14)3/h10-11,13,16H,4-9,12H2,1-3H3. The molecule has 2 atom stereocenters. The zero-order chi connectivity index (χ0) is 13.7. The molecule has 0 spiro atoms. The highest BCUT2D eigenvalue weighted by Gasteiger charge is 2.36. The summed E-state index contributed by atoms with van der Waals surface area (Å²) in [6.07, 6.45) is 9.60. The van der Waals surface area contributed by atoms with Crippen molar-refractivity contribution in [2.75, 3.05) is 13.2 Å². The molecule has 1 fully saturated rings. The van der Waals surface area contributed by atoms with Crippen molar-refractivity contribution in [2.24, 2.45) is 7.05 Å². The van der Waals surface area contributed by atoms with Crippen LogP contribution in [-0.4, -0.2) is 34.3 Å². The fourth-order valence-corrected chi connectivity index (χ4v) is 3.01. The van der Waals surface area contributed by atoms with Gasteiger partial charge in [-0.2, -0.15) is 0 Å². The third-order valence-corrected chi connectivity index (χ3v) is 4.26. The molecule has 1 N–H and O–H groups in total. The number of nitrogens with zero attached hydrogens (tertiary/aromatic N) is 2. The molecule has 108 valence electrons. The fourth-order valence-electron chi connectivity index (χ4n) is 3.01. The SMILES string of the molecule is CCNC(CCc1nccn1C)C1(C)CCCCO1. The van der Waals surface area contributed by atoms with Gasteiger partial charge >= 0.3 is 0 Å². The lowest BCUT2D eigenvalue weighted by Crippen LogP contribution is -2.52. The van der Waals surface area contributed by atoms with E-state index in [0.717, 1.165) is 38.2 Å². The second kappa shape index (κ2) is 6.53. The van der Waals surface area contributed by atoms with E-state index < -0.39 is 0 Å². The van der Waals surface area contributed by atoms with Crippen LogP contribution in [0.15, 0.2) is 12.4 Å². The van der Waals surface area contributed by atoms with E-state index in [1.807, 2.05) is 12.4 Å². The predicted octanol–water partition coefficient (Wildman–Crippen LogP) is 2.29. The van der Waals surface area contributed by atoms with Crippen molar-refractivity contribution in [2.45, 2.75) is 57.6 Å². The smallest absolute Gasteiger partial charge is 0.108 e. The summed E-state index contributed by atoms with van der Waals surface area (Å²) in [4.78, 5) is 4.41. The maximum atomic E-state index is 6.09. The van der Waals surface area contributed by atoms with Crippen LogP contribution < -0.4 is 5.32 Å². The highest BCUT2D eigenvalue weighted by Crippen LogP contribution is 2.29. The van der Waals surface area contributed by atoms with Crippen LogP contribution in [0.2, 0.25) is 0 Å². The summed E-state index contributed by atoms with van der Waals surface area (Å²) in [5, 5.41) is 3.61. The van der Waals surface area contributed by atoms with Crippen molar-refractivity contribution in [3.8, 4) is 0 Å². The Balaban J connectivity index is 1.97. The van der Waals surface area contributed by atoms with Gasteiger partial charge in [-0.1, -0.05) is 6.92 Å². The minimum Gasteiger partial charge on any atom is -0.374 e. The van der Waals surface area contributed by atoms with Gasteiger partial charge in [-0.3, -0.25) is 0 Å². The second-order valence-corrected chi connectivity index (χ2v) is 5.72. The third kappa shape index (κ3) is 3.57. The van der Waals surface area contributed by atoms with Crippen LogP contribution in [-0.2, 0) is 18.2 Å². The molecule has 0 aliphatic carbocycles. The molecule has 1 aliphatic rings. The van der Waals surface area contributed by atoms with Gasteiger partial charge in [0.25, 0.3) is 0 Å². The number of rotatable bonds is 6. The summed E-state index contributed by atoms with van der Waals surface area (Å²) in [5.74, 6) is 1.15. The van der Waals surface area contributed by atoms with E-state index in [0.29, 0.717) is 6.04 Å². The van der Waals surface area contributed by atoms with Crippen molar-refractivity contribution in [3.05, 3.63) is 18.2 Å². The Hall–Kier alpha value is -0.870. The molecule has 1 aromatic rings. The Kier molecular flexibility index (Phi) is 4.99. The van der Waals surface area contributed by atoms with Gasteiger partial charge in [-0.15, -0.1) is 0 Å². The molecule has 0 saturated carbocycles. The molecule has 1 aromatic heterocycles. The number of imidazole rings is 1. The lowest BCUT2D eigenvalue weighted by atomic mass is 9.85. The first-order valence-electron chi connectivity index (χ1n) is 7.49. The molecule has 0 amide bonds. The van der Waals surface area contributed by atoms with Gasteiger partial charge in [0.2, 0.25) is 0 Å². The first-order valence-corrected chi connectivity index (χ1v) is 7.49. The second-order valence-electron chi connectivity index (χ2n) is 5.72. The van der Waals surface area contributed by atoms with E-state index in [1.165, 1.54) is 12.8 Å². The fraction of sp³-hybridized carbons (Fsp3) is 0.800. The summed E-state index contributed by atoms with van der Waals surface area (Å²) in [6, 6.07) is 0.412. The Bertz CT molecular complexity index is 382. The monoisotopic (exact) mass is 265 g/mol. The highest BCUT2D eigenvalue weighted by atomic mass is 16.5. The molecule has 0 bridgehead atoms. The molecule has 2 rings (SSSR count). The number of aryl methyl sites for hydroxylation is 2. The zero-order valence-corrected chi connectivity index (χ0v) is 12.5. The first-order chi connectivity index (χ1) is 9.15. The molecule has 4 heteroatoms. The summed E-state index contributed by atoms with van der Waals surface area (Å²) < 4.78 is 8.19. The largest absolute Gasteiger partial charge is 0.374 e. The number of ether oxygens (including phenoxy) is 1. The molecule has 4 nitrogen and oxygen atoms in total. The Morgan fingerprint density at radius 2 is 2.37 bits per heavy atom. The van der Waals surface area contributed by atoms with Crippen molar-refractivity contribution in [3.63, 3.8) is 0 Å². The van der Waals surface area contributed by atoms with E-state index in [9.17, 15) is 0 Å². The van der Waals surface area contributed by atoms with Crippen molar-refractivity contribution in [1.82, 2.24) is 14.9 Å². The van der Waals surface area contributed by atoms with Crippen LogP contribution >= 0.6 is 0 Å². The van der Waals surface area contributed by atoms with Crippen LogP contribution in [0.5, 0.6) is 0 Å². The molecular weight excluding hydrogens is 238 g/mol. The molecule has 1 saturated heterocycles. The lowest BCUT2D eigenvalue weighted by molar-refractivity contribution is -0.0897. The van der Waals surface area contributed by atoms with Crippen molar-refractivity contribution in [1.29, 1.82) is 0 Å². The Morgan fingerprint density at radius 3 is 2.95 bits per heavy atom. The van der Waals surface area contributed by atoms with Crippen LogP contribution in [0.3, 0.4) is 0 Å². The number of hydrogen-bond donors (Lipinski definition) is 1. The zero-order valence-electron chi connectivity index (χ0n) is 12.5. The Morgan fingerprint density at radius 1 is 1.53 bits per heavy atom. The third-order valence-electron chi connectivity index (χ3n) is 4.26. The van der Waals surface area contributed by atoms with Crippen molar-refractivity contribution >= 4 is 0 Å². The molecule has 19 heavy (non-hydrogen) atoms. The van der Waals surface area contributed by atoms with E-state index >= 15 is 0 Å². The molecule has 2 heterocycles. The van der Waals surface area contributed by atoms with Gasteiger partial charge in [-0.05, 0) is 39.2 Å². The van der Waals surface area contributed by atoms with Crippen molar-refractivity contribution < 1.29 is 4.74 Å². The Labute approximate surface area is 116 Å². The molecule has 1 aliphatic heterocycles.